The van der Waals surface area contributed by atoms with Crippen LogP contribution in [-0.4, -0.2) is 42.7 Å². The number of carbonyl (C=O) groups is 2. The zero-order chi connectivity index (χ0) is 30.7. The van der Waals surface area contributed by atoms with Crippen LogP contribution in [0.5, 0.6) is 0 Å². The summed E-state index contributed by atoms with van der Waals surface area (Å²) in [4.78, 5) is 33.3. The van der Waals surface area contributed by atoms with E-state index in [0.29, 0.717) is 12.0 Å². The highest BCUT2D eigenvalue weighted by molar-refractivity contribution is 7.89. The molecule has 0 aliphatic rings. The lowest BCUT2D eigenvalue weighted by atomic mass is 10.0. The Kier molecular flexibility index (Phi) is 11.1. The number of sulfonamides is 1. The van der Waals surface area contributed by atoms with Crippen LogP contribution in [-0.2, 0) is 45.5 Å². The van der Waals surface area contributed by atoms with E-state index < -0.39 is 21.9 Å². The average molecular weight is 603 g/mol. The molecule has 0 saturated carbocycles. The van der Waals surface area contributed by atoms with Crippen molar-refractivity contribution in [2.75, 3.05) is 6.54 Å². The summed E-state index contributed by atoms with van der Waals surface area (Å²) < 4.78 is 40.7. The van der Waals surface area contributed by atoms with Crippen LogP contribution >= 0.6 is 0 Å². The third-order valence-electron chi connectivity index (χ3n) is 6.95. The number of hydrogen-bond donors (Lipinski definition) is 2. The minimum absolute atomic E-state index is 0.0867. The van der Waals surface area contributed by atoms with Gasteiger partial charge in [-0.3, -0.25) is 14.6 Å². The van der Waals surface area contributed by atoms with Crippen LogP contribution in [0.2, 0.25) is 0 Å². The third-order valence-corrected chi connectivity index (χ3v) is 8.51. The predicted molar refractivity (Wildman–Crippen MR) is 163 cm³/mol. The number of aromatic nitrogens is 1. The maximum Gasteiger partial charge on any atom is 0.243 e. The highest BCUT2D eigenvalue weighted by atomic mass is 32.2. The summed E-state index contributed by atoms with van der Waals surface area (Å²) in [7, 11) is -3.59. The number of nitrogens with one attached hydrogen (secondary N) is 2. The Hall–Kier alpha value is -4.41. The van der Waals surface area contributed by atoms with Crippen molar-refractivity contribution in [3.05, 3.63) is 131 Å². The van der Waals surface area contributed by atoms with Crippen molar-refractivity contribution >= 4 is 21.8 Å². The highest BCUT2D eigenvalue weighted by Gasteiger charge is 2.30. The molecule has 3 aromatic carbocycles. The standard InChI is InChI=1S/C33H35FN4O4S/c1-2-37-43(41,42)30-15-10-25(11-16-30)12-17-32(39)38(24-28-8-13-29(34)14-9-28)31(22-26-6-4-3-5-7-26)33(40)36-23-27-18-20-35-21-19-27/h3-11,13-16,18-21,31,37H,2,12,17,22-24H2,1H3,(H,36,40)/t31-/m1/s1. The molecule has 224 valence electrons. The Morgan fingerprint density at radius 2 is 1.49 bits per heavy atom. The van der Waals surface area contributed by atoms with E-state index in [1.165, 1.54) is 24.3 Å². The fourth-order valence-electron chi connectivity index (χ4n) is 4.65. The van der Waals surface area contributed by atoms with Gasteiger partial charge >= 0.3 is 0 Å². The highest BCUT2D eigenvalue weighted by Crippen LogP contribution is 2.18. The molecule has 0 unspecified atom stereocenters. The van der Waals surface area contributed by atoms with Crippen molar-refractivity contribution in [1.82, 2.24) is 19.9 Å². The van der Waals surface area contributed by atoms with Crippen LogP contribution in [0.4, 0.5) is 4.39 Å². The lowest BCUT2D eigenvalue weighted by molar-refractivity contribution is -0.141. The second-order valence-electron chi connectivity index (χ2n) is 10.1. The molecule has 1 aromatic heterocycles. The number of carbonyl (C=O) groups excluding carboxylic acids is 2. The smallest absolute Gasteiger partial charge is 0.243 e. The predicted octanol–water partition coefficient (Wildman–Crippen LogP) is 4.41. The molecule has 1 atom stereocenters. The summed E-state index contributed by atoms with van der Waals surface area (Å²) in [5.74, 6) is -0.958. The number of pyridine rings is 1. The van der Waals surface area contributed by atoms with Gasteiger partial charge in [-0.05, 0) is 65.1 Å². The summed E-state index contributed by atoms with van der Waals surface area (Å²) in [6.45, 7) is 2.37. The number of aryl methyl sites for hydroxylation is 1. The van der Waals surface area contributed by atoms with E-state index in [1.807, 2.05) is 42.5 Å². The fourth-order valence-corrected chi connectivity index (χ4v) is 5.69. The van der Waals surface area contributed by atoms with Crippen LogP contribution in [0.1, 0.15) is 35.6 Å². The lowest BCUT2D eigenvalue weighted by Crippen LogP contribution is -2.50. The minimum atomic E-state index is -3.59. The van der Waals surface area contributed by atoms with Gasteiger partial charge in [0.05, 0.1) is 4.90 Å². The first kappa shape index (κ1) is 31.5. The normalized spacial score (nSPS) is 12.0. The van der Waals surface area contributed by atoms with Gasteiger partial charge < -0.3 is 10.2 Å². The summed E-state index contributed by atoms with van der Waals surface area (Å²) in [6.07, 6.45) is 4.01. The van der Waals surface area contributed by atoms with E-state index in [2.05, 4.69) is 15.0 Å². The molecule has 0 radical (unpaired) electrons. The summed E-state index contributed by atoms with van der Waals surface area (Å²) >= 11 is 0. The Bertz CT molecular complexity index is 1580. The Labute approximate surface area is 252 Å². The Morgan fingerprint density at radius 3 is 2.14 bits per heavy atom. The van der Waals surface area contributed by atoms with Gasteiger partial charge in [-0.2, -0.15) is 0 Å². The van der Waals surface area contributed by atoms with Crippen LogP contribution in [0.15, 0.2) is 108 Å². The van der Waals surface area contributed by atoms with Crippen LogP contribution in [0.25, 0.3) is 0 Å². The molecule has 0 fully saturated rings. The first-order valence-electron chi connectivity index (χ1n) is 14.1. The molecule has 8 nitrogen and oxygen atoms in total. The first-order chi connectivity index (χ1) is 20.7. The number of benzene rings is 3. The molecular formula is C33H35FN4O4S. The third kappa shape index (κ3) is 9.29. The summed E-state index contributed by atoms with van der Waals surface area (Å²) in [5, 5.41) is 2.97. The molecule has 0 saturated heterocycles. The molecular weight excluding hydrogens is 567 g/mol. The van der Waals surface area contributed by atoms with Gasteiger partial charge in [-0.15, -0.1) is 0 Å². The fraction of sp³-hybridized carbons (Fsp3) is 0.242. The molecule has 10 heteroatoms. The lowest BCUT2D eigenvalue weighted by Gasteiger charge is -2.31. The van der Waals surface area contributed by atoms with Gasteiger partial charge in [0.2, 0.25) is 21.8 Å². The van der Waals surface area contributed by atoms with E-state index in [4.69, 9.17) is 0 Å². The second-order valence-corrected chi connectivity index (χ2v) is 11.8. The summed E-state index contributed by atoms with van der Waals surface area (Å²) in [6, 6.07) is 24.5. The Morgan fingerprint density at radius 1 is 0.837 bits per heavy atom. The van der Waals surface area contributed by atoms with Crippen LogP contribution < -0.4 is 10.0 Å². The molecule has 4 aromatic rings. The molecule has 0 aliphatic heterocycles. The van der Waals surface area contributed by atoms with E-state index in [0.717, 1.165) is 16.7 Å². The van der Waals surface area contributed by atoms with Crippen molar-refractivity contribution in [2.24, 2.45) is 0 Å². The Balaban J connectivity index is 1.58. The molecule has 0 spiro atoms. The van der Waals surface area contributed by atoms with Gasteiger partial charge in [-0.25, -0.2) is 17.5 Å². The first-order valence-corrected chi connectivity index (χ1v) is 15.6. The second kappa shape index (κ2) is 15.2. The maximum atomic E-state index is 13.9. The van der Waals surface area contributed by atoms with Crippen molar-refractivity contribution in [3.63, 3.8) is 0 Å². The molecule has 43 heavy (non-hydrogen) atoms. The van der Waals surface area contributed by atoms with E-state index in [-0.39, 0.29) is 49.2 Å². The maximum absolute atomic E-state index is 13.9. The zero-order valence-electron chi connectivity index (χ0n) is 23.9. The number of hydrogen-bond acceptors (Lipinski definition) is 5. The number of nitrogens with zero attached hydrogens (tertiary/aromatic N) is 2. The topological polar surface area (TPSA) is 108 Å². The average Bonchev–Trinajstić information content (AvgIpc) is 3.02. The van der Waals surface area contributed by atoms with E-state index in [9.17, 15) is 22.4 Å². The largest absolute Gasteiger partial charge is 0.350 e. The molecule has 1 heterocycles. The molecule has 0 bridgehead atoms. The van der Waals surface area contributed by atoms with Crippen molar-refractivity contribution < 1.29 is 22.4 Å². The van der Waals surface area contributed by atoms with E-state index in [1.54, 1.807) is 48.5 Å². The van der Waals surface area contributed by atoms with Crippen LogP contribution in [0, 0.1) is 5.82 Å². The molecule has 2 amide bonds. The molecule has 0 aliphatic carbocycles. The minimum Gasteiger partial charge on any atom is -0.350 e. The monoisotopic (exact) mass is 602 g/mol. The number of halogens is 1. The SMILES string of the molecule is CCNS(=O)(=O)c1ccc(CCC(=O)N(Cc2ccc(F)cc2)[C@H](Cc2ccccc2)C(=O)NCc2ccncc2)cc1. The van der Waals surface area contributed by atoms with Gasteiger partial charge in [0.15, 0.2) is 0 Å². The number of amides is 2. The van der Waals surface area contributed by atoms with E-state index >= 15 is 0 Å². The van der Waals surface area contributed by atoms with Gasteiger partial charge in [0.1, 0.15) is 11.9 Å². The number of rotatable bonds is 14. The van der Waals surface area contributed by atoms with Gasteiger partial charge in [-0.1, -0.05) is 61.5 Å². The summed E-state index contributed by atoms with van der Waals surface area (Å²) in [5.41, 5.74) is 3.23. The molecule has 2 N–H and O–H groups in total. The van der Waals surface area contributed by atoms with Crippen molar-refractivity contribution in [2.45, 2.75) is 50.2 Å². The molecule has 4 rings (SSSR count). The van der Waals surface area contributed by atoms with Crippen LogP contribution in [0.3, 0.4) is 0 Å². The van der Waals surface area contributed by atoms with Gasteiger partial charge in [0.25, 0.3) is 0 Å². The van der Waals surface area contributed by atoms with Gasteiger partial charge in [0, 0.05) is 44.9 Å². The van der Waals surface area contributed by atoms with Crippen molar-refractivity contribution in [3.8, 4) is 0 Å². The quantitative estimate of drug-likeness (QED) is 0.222. The zero-order valence-corrected chi connectivity index (χ0v) is 24.8. The van der Waals surface area contributed by atoms with Crippen molar-refractivity contribution in [1.29, 1.82) is 0 Å².